The van der Waals surface area contributed by atoms with Crippen LogP contribution in [0.3, 0.4) is 0 Å². The molecule has 0 radical (unpaired) electrons. The van der Waals surface area contributed by atoms with Gasteiger partial charge in [-0.15, -0.1) is 0 Å². The van der Waals surface area contributed by atoms with Crippen LogP contribution in [0.2, 0.25) is 5.02 Å². The van der Waals surface area contributed by atoms with Gasteiger partial charge in [0.1, 0.15) is 0 Å². The Hall–Kier alpha value is -0.800. The van der Waals surface area contributed by atoms with Crippen molar-refractivity contribution in [1.29, 1.82) is 0 Å². The Balaban J connectivity index is 2.59. The number of benzene rings is 1. The topological polar surface area (TPSA) is 26.0 Å². The monoisotopic (exact) mass is 285 g/mol. The molecule has 1 aromatic carbocycles. The highest BCUT2D eigenvalue weighted by Gasteiger charge is 2.13. The maximum Gasteiger partial charge on any atom is 0.181 e. The van der Waals surface area contributed by atoms with Crippen LogP contribution in [0.5, 0.6) is 0 Å². The van der Waals surface area contributed by atoms with Crippen LogP contribution < -0.4 is 0 Å². The van der Waals surface area contributed by atoms with Crippen molar-refractivity contribution in [2.45, 2.75) is 12.3 Å². The summed E-state index contributed by atoms with van der Waals surface area (Å²) in [7, 11) is 0. The fourth-order valence-corrected chi connectivity index (χ4v) is 2.02. The average Bonchev–Trinajstić information content (AvgIpc) is 2.70. The summed E-state index contributed by atoms with van der Waals surface area (Å²) < 4.78 is 5.35. The van der Waals surface area contributed by atoms with Gasteiger partial charge in [0.15, 0.2) is 12.2 Å². The molecule has 2 aromatic rings. The van der Waals surface area contributed by atoms with E-state index in [0.717, 1.165) is 27.6 Å². The number of hydrogen-bond acceptors (Lipinski definition) is 2. The highest BCUT2D eigenvalue weighted by atomic mass is 79.9. The van der Waals surface area contributed by atoms with Crippen molar-refractivity contribution in [3.63, 3.8) is 0 Å². The zero-order chi connectivity index (χ0) is 10.8. The van der Waals surface area contributed by atoms with E-state index in [9.17, 15) is 0 Å². The fourth-order valence-electron chi connectivity index (χ4n) is 1.41. The van der Waals surface area contributed by atoms with Gasteiger partial charge in [-0.2, -0.15) is 0 Å². The Kier molecular flexibility index (Phi) is 3.12. The van der Waals surface area contributed by atoms with Crippen LogP contribution in [0.25, 0.3) is 11.3 Å². The normalized spacial score (nSPS) is 10.6. The molecule has 0 fully saturated rings. The Morgan fingerprint density at radius 1 is 1.47 bits per heavy atom. The lowest BCUT2D eigenvalue weighted by molar-refractivity contribution is 0.571. The van der Waals surface area contributed by atoms with Crippen molar-refractivity contribution in [1.82, 2.24) is 4.98 Å². The number of rotatable bonds is 2. The standard InChI is InChI=1S/C11H9BrClNO/c1-7-3-2-4-8(10(7)13)11-9(5-12)14-6-15-11/h2-4,6H,5H2,1H3. The van der Waals surface area contributed by atoms with Gasteiger partial charge in [0.25, 0.3) is 0 Å². The molecule has 78 valence electrons. The summed E-state index contributed by atoms with van der Waals surface area (Å²) >= 11 is 9.57. The molecule has 0 saturated carbocycles. The van der Waals surface area contributed by atoms with Gasteiger partial charge in [-0.1, -0.05) is 39.7 Å². The van der Waals surface area contributed by atoms with Crippen molar-refractivity contribution < 1.29 is 4.42 Å². The van der Waals surface area contributed by atoms with E-state index in [0.29, 0.717) is 5.33 Å². The molecule has 15 heavy (non-hydrogen) atoms. The molecule has 1 heterocycles. The zero-order valence-electron chi connectivity index (χ0n) is 8.13. The minimum absolute atomic E-state index is 0.656. The van der Waals surface area contributed by atoms with Gasteiger partial charge >= 0.3 is 0 Å². The van der Waals surface area contributed by atoms with Crippen LogP contribution in [0, 0.1) is 6.92 Å². The van der Waals surface area contributed by atoms with Gasteiger partial charge < -0.3 is 4.42 Å². The van der Waals surface area contributed by atoms with Crippen LogP contribution in [0.4, 0.5) is 0 Å². The van der Waals surface area contributed by atoms with Crippen LogP contribution in [-0.2, 0) is 5.33 Å². The number of alkyl halides is 1. The van der Waals surface area contributed by atoms with Crippen molar-refractivity contribution in [2.24, 2.45) is 0 Å². The quantitative estimate of drug-likeness (QED) is 0.773. The maximum absolute atomic E-state index is 6.21. The first-order chi connectivity index (χ1) is 7.24. The second-order valence-corrected chi connectivity index (χ2v) is 4.14. The molecule has 0 unspecified atom stereocenters. The molecular formula is C11H9BrClNO. The van der Waals surface area contributed by atoms with Crippen molar-refractivity contribution in [3.05, 3.63) is 40.9 Å². The molecule has 0 spiro atoms. The van der Waals surface area contributed by atoms with Crippen LogP contribution in [0.1, 0.15) is 11.3 Å². The van der Waals surface area contributed by atoms with Crippen LogP contribution >= 0.6 is 27.5 Å². The first-order valence-electron chi connectivity index (χ1n) is 4.48. The van der Waals surface area contributed by atoms with E-state index in [1.807, 2.05) is 25.1 Å². The molecule has 1 aromatic heterocycles. The molecule has 0 N–H and O–H groups in total. The van der Waals surface area contributed by atoms with Gasteiger partial charge in [-0.25, -0.2) is 4.98 Å². The number of aryl methyl sites for hydroxylation is 1. The molecule has 0 aliphatic carbocycles. The zero-order valence-corrected chi connectivity index (χ0v) is 10.5. The number of aromatic nitrogens is 1. The van der Waals surface area contributed by atoms with E-state index in [1.54, 1.807) is 0 Å². The van der Waals surface area contributed by atoms with Crippen molar-refractivity contribution in [2.75, 3.05) is 0 Å². The molecular weight excluding hydrogens is 277 g/mol. The molecule has 2 nitrogen and oxygen atoms in total. The predicted molar refractivity (Wildman–Crippen MR) is 64.3 cm³/mol. The first kappa shape index (κ1) is 10.7. The smallest absolute Gasteiger partial charge is 0.181 e. The third-order valence-electron chi connectivity index (χ3n) is 2.20. The Morgan fingerprint density at radius 2 is 2.27 bits per heavy atom. The van der Waals surface area contributed by atoms with Crippen molar-refractivity contribution in [3.8, 4) is 11.3 Å². The second kappa shape index (κ2) is 4.37. The minimum atomic E-state index is 0.656. The molecule has 2 rings (SSSR count). The van der Waals surface area contributed by atoms with E-state index < -0.39 is 0 Å². The van der Waals surface area contributed by atoms with Gasteiger partial charge in [-0.3, -0.25) is 0 Å². The molecule has 0 saturated heterocycles. The molecule has 0 amide bonds. The molecule has 0 atom stereocenters. The third-order valence-corrected chi connectivity index (χ3v) is 3.24. The summed E-state index contributed by atoms with van der Waals surface area (Å²) in [6.45, 7) is 1.97. The molecule has 0 aliphatic heterocycles. The van der Waals surface area contributed by atoms with E-state index >= 15 is 0 Å². The lowest BCUT2D eigenvalue weighted by Gasteiger charge is -2.04. The maximum atomic E-state index is 6.21. The van der Waals surface area contributed by atoms with Crippen LogP contribution in [0.15, 0.2) is 29.0 Å². The molecule has 0 aliphatic rings. The highest BCUT2D eigenvalue weighted by molar-refractivity contribution is 9.08. The van der Waals surface area contributed by atoms with Crippen LogP contribution in [-0.4, -0.2) is 4.98 Å². The Labute approximate surface area is 101 Å². The lowest BCUT2D eigenvalue weighted by atomic mass is 10.1. The van der Waals surface area contributed by atoms with Gasteiger partial charge in [0.05, 0.1) is 10.7 Å². The summed E-state index contributed by atoms with van der Waals surface area (Å²) in [6, 6.07) is 5.86. The summed E-state index contributed by atoms with van der Waals surface area (Å²) in [5.41, 5.74) is 2.79. The van der Waals surface area contributed by atoms with Gasteiger partial charge in [0.2, 0.25) is 0 Å². The van der Waals surface area contributed by atoms with Gasteiger partial charge in [-0.05, 0) is 18.6 Å². The lowest BCUT2D eigenvalue weighted by Crippen LogP contribution is -1.85. The van der Waals surface area contributed by atoms with E-state index in [2.05, 4.69) is 20.9 Å². The number of halogens is 2. The summed E-state index contributed by atoms with van der Waals surface area (Å²) in [5, 5.41) is 1.37. The molecule has 0 bridgehead atoms. The Morgan fingerprint density at radius 3 is 3.00 bits per heavy atom. The van der Waals surface area contributed by atoms with Gasteiger partial charge in [0, 0.05) is 10.9 Å². The SMILES string of the molecule is Cc1cccc(-c2ocnc2CBr)c1Cl. The van der Waals surface area contributed by atoms with E-state index in [-0.39, 0.29) is 0 Å². The van der Waals surface area contributed by atoms with Crippen molar-refractivity contribution >= 4 is 27.5 Å². The first-order valence-corrected chi connectivity index (χ1v) is 5.97. The number of oxazole rings is 1. The number of nitrogens with zero attached hydrogens (tertiary/aromatic N) is 1. The minimum Gasteiger partial charge on any atom is -0.443 e. The summed E-state index contributed by atoms with van der Waals surface area (Å²) in [6.07, 6.45) is 1.44. The Bertz CT molecular complexity index is 481. The van der Waals surface area contributed by atoms with E-state index in [4.69, 9.17) is 16.0 Å². The second-order valence-electron chi connectivity index (χ2n) is 3.20. The third kappa shape index (κ3) is 1.94. The highest BCUT2D eigenvalue weighted by Crippen LogP contribution is 2.32. The number of hydrogen-bond donors (Lipinski definition) is 0. The average molecular weight is 287 g/mol. The summed E-state index contributed by atoms with van der Waals surface area (Å²) in [5.74, 6) is 0.737. The van der Waals surface area contributed by atoms with E-state index in [1.165, 1.54) is 6.39 Å². The summed E-state index contributed by atoms with van der Waals surface area (Å²) in [4.78, 5) is 4.11. The predicted octanol–water partition coefficient (Wildman–Crippen LogP) is 4.20. The fraction of sp³-hybridized carbons (Fsp3) is 0.182. The molecule has 4 heteroatoms. The largest absolute Gasteiger partial charge is 0.443 e.